The second-order valence-corrected chi connectivity index (χ2v) is 10.7. The Bertz CT molecular complexity index is 1330. The number of fused-ring (bicyclic) bond motifs is 3. The lowest BCUT2D eigenvalue weighted by atomic mass is 9.77. The number of likely N-dealkylation sites (tertiary alicyclic amines) is 2. The molecule has 2 aliphatic heterocycles. The van der Waals surface area contributed by atoms with E-state index in [0.717, 1.165) is 43.5 Å². The van der Waals surface area contributed by atoms with Crippen LogP contribution in [0.5, 0.6) is 0 Å². The van der Waals surface area contributed by atoms with Gasteiger partial charge < -0.3 is 15.1 Å². The first kappa shape index (κ1) is 23.5. The summed E-state index contributed by atoms with van der Waals surface area (Å²) >= 11 is 0. The molecule has 1 aliphatic carbocycles. The van der Waals surface area contributed by atoms with Crippen LogP contribution >= 0.6 is 0 Å². The van der Waals surface area contributed by atoms with Crippen molar-refractivity contribution >= 4 is 17.7 Å². The molecular weight excluding hydrogens is 462 g/mol. The molecule has 6 heteroatoms. The third-order valence-corrected chi connectivity index (χ3v) is 8.48. The molecule has 0 unspecified atom stereocenters. The molecule has 1 N–H and O–H groups in total. The molecule has 3 amide bonds. The number of carbonyl (C=O) groups excluding carboxylic acids is 3. The van der Waals surface area contributed by atoms with Crippen molar-refractivity contribution in [2.24, 2.45) is 5.41 Å². The van der Waals surface area contributed by atoms with Crippen LogP contribution in [0.2, 0.25) is 0 Å². The van der Waals surface area contributed by atoms with Gasteiger partial charge in [-0.15, -0.1) is 0 Å². The number of hydrogen-bond acceptors (Lipinski definition) is 3. The molecule has 3 aromatic carbocycles. The van der Waals surface area contributed by atoms with Gasteiger partial charge in [0.2, 0.25) is 0 Å². The molecule has 2 saturated heterocycles. The summed E-state index contributed by atoms with van der Waals surface area (Å²) in [6.07, 6.45) is 2.75. The van der Waals surface area contributed by atoms with Gasteiger partial charge in [0, 0.05) is 37.3 Å². The highest BCUT2D eigenvalue weighted by atomic mass is 16.2. The van der Waals surface area contributed by atoms with Gasteiger partial charge in [-0.2, -0.15) is 0 Å². The maximum atomic E-state index is 13.4. The second-order valence-electron chi connectivity index (χ2n) is 10.7. The summed E-state index contributed by atoms with van der Waals surface area (Å²) in [7, 11) is 0. The molecule has 3 aliphatic rings. The minimum absolute atomic E-state index is 0.00455. The van der Waals surface area contributed by atoms with Crippen LogP contribution in [-0.2, 0) is 0 Å². The zero-order valence-corrected chi connectivity index (χ0v) is 21.1. The lowest BCUT2D eigenvalue weighted by Crippen LogP contribution is -2.46. The van der Waals surface area contributed by atoms with Crippen LogP contribution in [0, 0.1) is 5.41 Å². The van der Waals surface area contributed by atoms with Gasteiger partial charge in [-0.25, -0.2) is 4.79 Å². The molecule has 0 saturated carbocycles. The van der Waals surface area contributed by atoms with Crippen LogP contribution in [0.25, 0.3) is 11.1 Å². The Morgan fingerprint density at radius 1 is 0.730 bits per heavy atom. The molecule has 1 spiro atoms. The molecule has 0 aromatic heterocycles. The molecule has 0 atom stereocenters. The highest BCUT2D eigenvalue weighted by Gasteiger charge is 2.43. The quantitative estimate of drug-likeness (QED) is 0.504. The number of Topliss-reactive ketones (excluding diaryl/α,β-unsaturated/α-hetero) is 1. The monoisotopic (exact) mass is 493 g/mol. The smallest absolute Gasteiger partial charge is 0.318 e. The van der Waals surface area contributed by atoms with Crippen LogP contribution < -0.4 is 5.32 Å². The number of hydrogen-bond donors (Lipinski definition) is 1. The number of urea groups is 1. The summed E-state index contributed by atoms with van der Waals surface area (Å²) in [5, 5.41) is 3.31. The van der Waals surface area contributed by atoms with E-state index in [1.54, 1.807) is 24.3 Å². The van der Waals surface area contributed by atoms with E-state index < -0.39 is 0 Å². The van der Waals surface area contributed by atoms with E-state index in [1.165, 1.54) is 18.1 Å². The van der Waals surface area contributed by atoms with E-state index in [-0.39, 0.29) is 29.2 Å². The molecule has 2 fully saturated rings. The van der Waals surface area contributed by atoms with E-state index in [0.29, 0.717) is 24.2 Å². The molecule has 3 aromatic rings. The van der Waals surface area contributed by atoms with Crippen molar-refractivity contribution in [2.75, 3.05) is 26.2 Å². The van der Waals surface area contributed by atoms with Gasteiger partial charge in [-0.1, -0.05) is 60.7 Å². The number of benzene rings is 3. The van der Waals surface area contributed by atoms with Crippen molar-refractivity contribution in [3.63, 3.8) is 0 Å². The molecule has 6 nitrogen and oxygen atoms in total. The van der Waals surface area contributed by atoms with E-state index in [9.17, 15) is 14.4 Å². The topological polar surface area (TPSA) is 69.7 Å². The first-order valence-electron chi connectivity index (χ1n) is 13.1. The van der Waals surface area contributed by atoms with E-state index in [1.807, 2.05) is 34.1 Å². The van der Waals surface area contributed by atoms with Crippen LogP contribution in [0.3, 0.4) is 0 Å². The number of amides is 3. The number of rotatable bonds is 3. The Balaban J connectivity index is 1.09. The van der Waals surface area contributed by atoms with Crippen molar-refractivity contribution < 1.29 is 14.4 Å². The van der Waals surface area contributed by atoms with E-state index >= 15 is 0 Å². The highest BCUT2D eigenvalue weighted by Crippen LogP contribution is 2.44. The van der Waals surface area contributed by atoms with Gasteiger partial charge in [0.15, 0.2) is 5.78 Å². The minimum atomic E-state index is -0.134. The second kappa shape index (κ2) is 9.18. The average molecular weight is 494 g/mol. The molecular formula is C31H31N3O3. The molecule has 188 valence electrons. The van der Waals surface area contributed by atoms with Crippen molar-refractivity contribution in [3.05, 3.63) is 95.1 Å². The number of ketones is 1. The third kappa shape index (κ3) is 4.20. The Morgan fingerprint density at radius 2 is 1.24 bits per heavy atom. The summed E-state index contributed by atoms with van der Waals surface area (Å²) in [6, 6.07) is 23.4. The Morgan fingerprint density at radius 3 is 1.81 bits per heavy atom. The fraction of sp³-hybridized carbons (Fsp3) is 0.323. The summed E-state index contributed by atoms with van der Waals surface area (Å²) in [4.78, 5) is 41.8. The number of piperidine rings is 1. The fourth-order valence-electron chi connectivity index (χ4n) is 6.26. The van der Waals surface area contributed by atoms with E-state index in [4.69, 9.17) is 0 Å². The van der Waals surface area contributed by atoms with Gasteiger partial charge >= 0.3 is 6.03 Å². The normalized spacial score (nSPS) is 18.0. The van der Waals surface area contributed by atoms with Crippen LogP contribution in [0.1, 0.15) is 64.1 Å². The molecule has 6 rings (SSSR count). The van der Waals surface area contributed by atoms with Crippen molar-refractivity contribution in [3.8, 4) is 11.1 Å². The van der Waals surface area contributed by atoms with Gasteiger partial charge in [-0.05, 0) is 66.0 Å². The Kier molecular flexibility index (Phi) is 5.82. The molecule has 0 bridgehead atoms. The first-order chi connectivity index (χ1) is 17.9. The highest BCUT2D eigenvalue weighted by molar-refractivity contribution is 5.97. The third-order valence-electron chi connectivity index (χ3n) is 8.48. The lowest BCUT2D eigenvalue weighted by molar-refractivity contribution is 0.0593. The summed E-state index contributed by atoms with van der Waals surface area (Å²) in [5.74, 6) is 0.00574. The molecule has 0 radical (unpaired) electrons. The van der Waals surface area contributed by atoms with Crippen molar-refractivity contribution in [2.45, 2.75) is 32.2 Å². The Hall–Kier alpha value is -3.93. The predicted octanol–water partition coefficient (Wildman–Crippen LogP) is 5.30. The molecule has 2 heterocycles. The van der Waals surface area contributed by atoms with Crippen LogP contribution in [0.15, 0.2) is 72.8 Å². The average Bonchev–Trinajstić information content (AvgIpc) is 3.49. The number of nitrogens with zero attached hydrogens (tertiary/aromatic N) is 2. The first-order valence-corrected chi connectivity index (χ1v) is 13.1. The van der Waals surface area contributed by atoms with E-state index in [2.05, 4.69) is 29.6 Å². The van der Waals surface area contributed by atoms with Crippen molar-refractivity contribution in [1.82, 2.24) is 15.1 Å². The summed E-state index contributed by atoms with van der Waals surface area (Å²) < 4.78 is 0. The summed E-state index contributed by atoms with van der Waals surface area (Å²) in [6.45, 7) is 4.36. The maximum Gasteiger partial charge on any atom is 0.318 e. The predicted molar refractivity (Wildman–Crippen MR) is 142 cm³/mol. The van der Waals surface area contributed by atoms with Gasteiger partial charge in [0.25, 0.3) is 5.91 Å². The fourth-order valence-corrected chi connectivity index (χ4v) is 6.26. The van der Waals surface area contributed by atoms with Crippen LogP contribution in [-0.4, -0.2) is 53.7 Å². The van der Waals surface area contributed by atoms with Crippen LogP contribution in [0.4, 0.5) is 4.79 Å². The number of nitrogens with one attached hydrogen (secondary N) is 1. The zero-order valence-electron chi connectivity index (χ0n) is 21.1. The zero-order chi connectivity index (χ0) is 25.6. The Labute approximate surface area is 217 Å². The lowest BCUT2D eigenvalue weighted by Gasteiger charge is -2.39. The maximum absolute atomic E-state index is 13.4. The van der Waals surface area contributed by atoms with Gasteiger partial charge in [0.1, 0.15) is 0 Å². The molecule has 37 heavy (non-hydrogen) atoms. The minimum Gasteiger partial charge on any atom is -0.339 e. The van der Waals surface area contributed by atoms with Crippen molar-refractivity contribution in [1.29, 1.82) is 0 Å². The standard InChI is InChI=1S/C31H31N3O3/c1-21(35)22-10-12-23(13-11-22)29(36)33-17-14-31(15-18-33)16-19-34(20-31)30(37)32-28-26-8-4-2-6-24(26)25-7-3-5-9-27(25)28/h2-13,28H,14-20H2,1H3,(H,32,37). The summed E-state index contributed by atoms with van der Waals surface area (Å²) in [5.41, 5.74) is 5.97. The largest absolute Gasteiger partial charge is 0.339 e. The number of carbonyl (C=O) groups is 3. The van der Waals surface area contributed by atoms with Gasteiger partial charge in [-0.3, -0.25) is 9.59 Å². The SMILES string of the molecule is CC(=O)c1ccc(C(=O)N2CCC3(CCN(C(=O)NC4c5ccccc5-c5ccccc54)C3)CC2)cc1. The van der Waals surface area contributed by atoms with Gasteiger partial charge in [0.05, 0.1) is 6.04 Å².